The van der Waals surface area contributed by atoms with Crippen molar-refractivity contribution >= 4 is 56.5 Å². The highest BCUT2D eigenvalue weighted by Gasteiger charge is 2.25. The van der Waals surface area contributed by atoms with E-state index in [1.807, 2.05) is 36.4 Å². The molecule has 230 valence electrons. The topological polar surface area (TPSA) is 140 Å². The zero-order chi connectivity index (χ0) is 31.2. The Morgan fingerprint density at radius 3 is 2.71 bits per heavy atom. The molecular weight excluding hydrogens is 632 g/mol. The van der Waals surface area contributed by atoms with Crippen LogP contribution in [0.25, 0.3) is 12.2 Å². The quantitative estimate of drug-likeness (QED) is 0.144. The summed E-state index contributed by atoms with van der Waals surface area (Å²) in [7, 11) is -3.47. The number of halogens is 1. The summed E-state index contributed by atoms with van der Waals surface area (Å²) in [5, 5.41) is 20.2. The van der Waals surface area contributed by atoms with E-state index in [4.69, 9.17) is 21.3 Å². The second kappa shape index (κ2) is 13.7. The number of sulfone groups is 1. The number of benzene rings is 3. The third kappa shape index (κ3) is 8.21. The van der Waals surface area contributed by atoms with Crippen molar-refractivity contribution in [2.45, 2.75) is 43.1 Å². The smallest absolute Gasteiger partial charge is 0.255 e. The normalized spacial score (nSPS) is 13.3. The first kappa shape index (κ1) is 30.6. The number of nitrogens with one attached hydrogen (secondary N) is 2. The first-order chi connectivity index (χ1) is 21.8. The minimum atomic E-state index is -3.47. The van der Waals surface area contributed by atoms with E-state index >= 15 is 0 Å². The van der Waals surface area contributed by atoms with Crippen molar-refractivity contribution in [3.05, 3.63) is 110 Å². The lowest BCUT2D eigenvalue weighted by Crippen LogP contribution is -2.14. The lowest BCUT2D eigenvalue weighted by molar-refractivity contribution is 0.102. The van der Waals surface area contributed by atoms with Crippen LogP contribution >= 0.6 is 22.9 Å². The van der Waals surface area contributed by atoms with Crippen LogP contribution in [0.5, 0.6) is 5.75 Å². The predicted octanol–water partition coefficient (Wildman–Crippen LogP) is 6.60. The van der Waals surface area contributed by atoms with Gasteiger partial charge >= 0.3 is 0 Å². The summed E-state index contributed by atoms with van der Waals surface area (Å²) in [5.41, 5.74) is 3.79. The van der Waals surface area contributed by atoms with Gasteiger partial charge in [0.1, 0.15) is 10.8 Å². The molecule has 0 spiro atoms. The summed E-state index contributed by atoms with van der Waals surface area (Å²) in [6.45, 7) is 0.0392. The molecule has 1 aliphatic rings. The fraction of sp³-hybridized carbons (Fsp3) is 0.219. The van der Waals surface area contributed by atoms with Crippen LogP contribution < -0.4 is 10.1 Å². The van der Waals surface area contributed by atoms with E-state index in [9.17, 15) is 13.2 Å². The summed E-state index contributed by atoms with van der Waals surface area (Å²) in [6.07, 6.45) is 7.20. The van der Waals surface area contributed by atoms with Crippen LogP contribution in [0.4, 0.5) is 5.69 Å². The van der Waals surface area contributed by atoms with Crippen LogP contribution in [0, 0.1) is 0 Å². The zero-order valence-electron chi connectivity index (χ0n) is 24.0. The molecule has 2 heterocycles. The summed E-state index contributed by atoms with van der Waals surface area (Å²) < 4.78 is 31.5. The molecular formula is C32H29ClN6O4S2. The van der Waals surface area contributed by atoms with Gasteiger partial charge < -0.3 is 10.1 Å². The molecule has 45 heavy (non-hydrogen) atoms. The second-order valence-electron chi connectivity index (χ2n) is 10.6. The number of ether oxygens (including phenoxy) is 1. The first-order valence-electron chi connectivity index (χ1n) is 14.3. The third-order valence-electron chi connectivity index (χ3n) is 7.19. The Morgan fingerprint density at radius 2 is 1.93 bits per heavy atom. The number of nitrogens with zero attached hydrogens (tertiary/aromatic N) is 4. The Labute approximate surface area is 269 Å². The third-order valence-corrected chi connectivity index (χ3v) is 10.1. The van der Waals surface area contributed by atoms with Gasteiger partial charge in [-0.05, 0) is 91.4 Å². The highest BCUT2D eigenvalue weighted by Crippen LogP contribution is 2.40. The van der Waals surface area contributed by atoms with Crippen LogP contribution in [-0.2, 0) is 22.9 Å². The van der Waals surface area contributed by atoms with Gasteiger partial charge in [-0.2, -0.15) is 5.21 Å². The molecule has 1 fully saturated rings. The number of hydrogen-bond donors (Lipinski definition) is 2. The molecule has 5 aromatic rings. The zero-order valence-corrected chi connectivity index (χ0v) is 26.4. The molecule has 0 unspecified atom stereocenters. The Morgan fingerprint density at radius 1 is 1.09 bits per heavy atom. The molecule has 1 amide bonds. The number of hydrogen-bond acceptors (Lipinski definition) is 9. The number of H-pyrrole nitrogens is 1. The molecule has 10 nitrogen and oxygen atoms in total. The number of anilines is 1. The van der Waals surface area contributed by atoms with Crippen molar-refractivity contribution in [2.24, 2.45) is 0 Å². The van der Waals surface area contributed by atoms with Gasteiger partial charge in [0.15, 0.2) is 16.4 Å². The standard InChI is InChI=1S/C32H29ClN6O4S2/c33-25-10-12-26(13-11-25)45(41,42)16-2-4-22-6-14-29(43-19-30-36-38-39-37-30)27(18-22)35-32(40)24-5-1-3-21(17-24)7-15-31-34-28(20-44-31)23-8-9-23/h1,3,5-7,10-15,17-18,20,23H,2,4,8-9,16,19H2,(H,35,40)(H,36,37,38,39)/b15-7+. The van der Waals surface area contributed by atoms with Crippen molar-refractivity contribution in [1.82, 2.24) is 25.6 Å². The summed E-state index contributed by atoms with van der Waals surface area (Å²) in [5.74, 6) is 1.03. The first-order valence-corrected chi connectivity index (χ1v) is 17.2. The van der Waals surface area contributed by atoms with E-state index in [-0.39, 0.29) is 23.2 Å². The molecule has 0 saturated heterocycles. The van der Waals surface area contributed by atoms with E-state index in [2.05, 4.69) is 31.3 Å². The molecule has 1 aliphatic carbocycles. The van der Waals surface area contributed by atoms with Crippen LogP contribution in [0.1, 0.15) is 63.2 Å². The van der Waals surface area contributed by atoms with Gasteiger partial charge in [-0.1, -0.05) is 41.1 Å². The number of thiazole rings is 1. The molecule has 0 atom stereocenters. The Bertz CT molecular complexity index is 1920. The van der Waals surface area contributed by atoms with E-state index in [1.54, 1.807) is 41.7 Å². The number of aromatic amines is 1. The molecule has 0 aliphatic heterocycles. The molecule has 0 bridgehead atoms. The average Bonchev–Trinajstić information content (AvgIpc) is 3.54. The lowest BCUT2D eigenvalue weighted by atomic mass is 10.1. The Balaban J connectivity index is 1.15. The number of rotatable bonds is 13. The van der Waals surface area contributed by atoms with Crippen molar-refractivity contribution in [3.63, 3.8) is 0 Å². The van der Waals surface area contributed by atoms with Crippen LogP contribution in [0.15, 0.2) is 77.0 Å². The minimum Gasteiger partial charge on any atom is -0.483 e. The number of aryl methyl sites for hydroxylation is 1. The van der Waals surface area contributed by atoms with Gasteiger partial charge in [0, 0.05) is 21.9 Å². The lowest BCUT2D eigenvalue weighted by Gasteiger charge is -2.14. The number of tetrazole rings is 1. The van der Waals surface area contributed by atoms with Crippen molar-refractivity contribution in [2.75, 3.05) is 11.1 Å². The monoisotopic (exact) mass is 660 g/mol. The van der Waals surface area contributed by atoms with Gasteiger partial charge in [0.2, 0.25) is 5.82 Å². The van der Waals surface area contributed by atoms with E-state index in [1.165, 1.54) is 25.0 Å². The maximum atomic E-state index is 13.4. The summed E-state index contributed by atoms with van der Waals surface area (Å²) in [6, 6.07) is 18.8. The van der Waals surface area contributed by atoms with E-state index < -0.39 is 9.84 Å². The predicted molar refractivity (Wildman–Crippen MR) is 174 cm³/mol. The number of carbonyl (C=O) groups excluding carboxylic acids is 1. The maximum absolute atomic E-state index is 13.4. The molecule has 1 saturated carbocycles. The highest BCUT2D eigenvalue weighted by molar-refractivity contribution is 7.91. The van der Waals surface area contributed by atoms with Gasteiger partial charge in [0.05, 0.1) is 22.0 Å². The Hall–Kier alpha value is -4.39. The number of carbonyl (C=O) groups is 1. The van der Waals surface area contributed by atoms with Crippen LogP contribution in [0.2, 0.25) is 5.02 Å². The number of amides is 1. The molecule has 2 aromatic heterocycles. The molecule has 0 radical (unpaired) electrons. The van der Waals surface area contributed by atoms with E-state index in [0.29, 0.717) is 46.6 Å². The van der Waals surface area contributed by atoms with Crippen molar-refractivity contribution in [3.8, 4) is 5.75 Å². The highest BCUT2D eigenvalue weighted by atomic mass is 35.5. The molecule has 6 rings (SSSR count). The molecule has 3 aromatic carbocycles. The van der Waals surface area contributed by atoms with Crippen LogP contribution in [-0.4, -0.2) is 45.7 Å². The minimum absolute atomic E-state index is 0.0321. The Kier molecular flexibility index (Phi) is 9.34. The second-order valence-corrected chi connectivity index (χ2v) is 14.1. The van der Waals surface area contributed by atoms with Gasteiger partial charge in [-0.25, -0.2) is 13.4 Å². The van der Waals surface area contributed by atoms with E-state index in [0.717, 1.165) is 21.8 Å². The van der Waals surface area contributed by atoms with Crippen molar-refractivity contribution in [1.29, 1.82) is 0 Å². The van der Waals surface area contributed by atoms with Crippen LogP contribution in [0.3, 0.4) is 0 Å². The maximum Gasteiger partial charge on any atom is 0.255 e. The fourth-order valence-electron chi connectivity index (χ4n) is 4.66. The van der Waals surface area contributed by atoms with Crippen molar-refractivity contribution < 1.29 is 17.9 Å². The molecule has 13 heteroatoms. The number of aromatic nitrogens is 5. The van der Waals surface area contributed by atoms with Gasteiger partial charge in [-0.3, -0.25) is 4.79 Å². The fourth-order valence-corrected chi connectivity index (χ4v) is 6.89. The largest absolute Gasteiger partial charge is 0.483 e. The summed E-state index contributed by atoms with van der Waals surface area (Å²) >= 11 is 7.52. The molecule has 2 N–H and O–H groups in total. The summed E-state index contributed by atoms with van der Waals surface area (Å²) in [4.78, 5) is 18.3. The average molecular weight is 661 g/mol. The SMILES string of the molecule is O=C(Nc1cc(CCCS(=O)(=O)c2ccc(Cl)cc2)ccc1OCc1nn[nH]n1)c1cccc(/C=C/c2nc(C3CC3)cs2)c1. The van der Waals surface area contributed by atoms with Gasteiger partial charge in [-0.15, -0.1) is 21.5 Å². The van der Waals surface area contributed by atoms with Gasteiger partial charge in [0.25, 0.3) is 5.91 Å².